The van der Waals surface area contributed by atoms with Gasteiger partial charge in [0.1, 0.15) is 35.6 Å². The van der Waals surface area contributed by atoms with Crippen molar-refractivity contribution in [1.82, 2.24) is 4.90 Å². The van der Waals surface area contributed by atoms with Gasteiger partial charge in [0.15, 0.2) is 0 Å². The number of nitrogens with one attached hydrogen (secondary N) is 1. The number of oxime groups is 1. The molecule has 412 valence electrons. The SMILES string of the molecule is C=CCOC12Oc3ccc(OC(=O)Nc4ccc(OC)cc4OC)cc3C3C(CCCCO)C(CCCCO)C=C(C(=NOCc4ccc([N+](=O)[O-])cc4)CC1N(Cc1cccc4ccccc14)C(=O)CCC1CCCC1)C32. The molecule has 0 bridgehead atoms. The summed E-state index contributed by atoms with van der Waals surface area (Å²) in [5.41, 5.74) is 4.20. The van der Waals surface area contributed by atoms with Gasteiger partial charge in [-0.1, -0.05) is 98.3 Å². The van der Waals surface area contributed by atoms with Crippen LogP contribution in [-0.2, 0) is 27.5 Å². The van der Waals surface area contributed by atoms with Crippen molar-refractivity contribution in [3.05, 3.63) is 154 Å². The second kappa shape index (κ2) is 25.9. The molecule has 0 saturated heterocycles. The zero-order chi connectivity index (χ0) is 54.6. The lowest BCUT2D eigenvalue weighted by Crippen LogP contribution is -2.70. The molecule has 4 aliphatic rings. The molecule has 2 saturated carbocycles. The van der Waals surface area contributed by atoms with E-state index in [4.69, 9.17) is 33.7 Å². The van der Waals surface area contributed by atoms with Crippen LogP contribution >= 0.6 is 0 Å². The topological polar surface area (TPSA) is 201 Å². The molecule has 78 heavy (non-hydrogen) atoms. The van der Waals surface area contributed by atoms with Crippen LogP contribution in [0.3, 0.4) is 0 Å². The first kappa shape index (κ1) is 55.5. The summed E-state index contributed by atoms with van der Waals surface area (Å²) in [5, 5.41) is 41.7. The van der Waals surface area contributed by atoms with E-state index in [2.05, 4.69) is 42.2 Å². The maximum Gasteiger partial charge on any atom is 0.417 e. The maximum absolute atomic E-state index is 15.6. The van der Waals surface area contributed by atoms with Crippen molar-refractivity contribution in [1.29, 1.82) is 0 Å². The maximum atomic E-state index is 15.6. The highest BCUT2D eigenvalue weighted by Crippen LogP contribution is 2.62. The van der Waals surface area contributed by atoms with E-state index in [9.17, 15) is 25.1 Å². The van der Waals surface area contributed by atoms with E-state index in [1.54, 1.807) is 49.6 Å². The molecule has 2 fully saturated rings. The number of methoxy groups -OCH3 is 2. The second-order valence-corrected chi connectivity index (χ2v) is 20.9. The van der Waals surface area contributed by atoms with Crippen LogP contribution in [-0.4, -0.2) is 83.6 Å². The quantitative estimate of drug-likeness (QED) is 0.0216. The molecule has 16 nitrogen and oxygen atoms in total. The van der Waals surface area contributed by atoms with Crippen LogP contribution in [0.5, 0.6) is 23.0 Å². The van der Waals surface area contributed by atoms with Crippen LogP contribution < -0.4 is 24.3 Å². The van der Waals surface area contributed by atoms with Crippen LogP contribution in [0.1, 0.15) is 106 Å². The number of amides is 2. The summed E-state index contributed by atoms with van der Waals surface area (Å²) in [7, 11) is 3.05. The Bertz CT molecular complexity index is 2970. The summed E-state index contributed by atoms with van der Waals surface area (Å²) in [6, 6.07) is 30.1. The number of allylic oxidation sites excluding steroid dienone is 1. The largest absolute Gasteiger partial charge is 0.497 e. The van der Waals surface area contributed by atoms with E-state index >= 15 is 4.79 Å². The Balaban J connectivity index is 1.22. The standard InChI is InChI=1S/C62H72N4O12/c1-4-34-75-62-57(65(58(69)31-24-41-14-5-6-15-41)39-45-19-13-18-43-16-7-8-20-49(43)45)38-54(64-76-40-42-22-25-46(26-23-42)66(71)72)51-35-44(17-9-11-32-67)50(21-10-12-33-68)59(60(51)62)52-36-48(28-30-55(52)78-62)77-61(70)63-53-29-27-47(73-2)37-56(53)74-3/h4,7-8,13,16,18-20,22-23,25-30,35-37,41,44,50,57,59-60,67-68H,1,5-6,9-12,14-15,17,21,24,31-34,38-40H2,2-3H3,(H,63,70). The Hall–Kier alpha value is -7.27. The molecular weight excluding hydrogens is 993 g/mol. The highest BCUT2D eigenvalue weighted by Gasteiger charge is 2.65. The first-order chi connectivity index (χ1) is 38.1. The van der Waals surface area contributed by atoms with Crippen LogP contribution in [0.4, 0.5) is 16.2 Å². The summed E-state index contributed by atoms with van der Waals surface area (Å²) in [5.74, 6) is -0.631. The number of hydrogen-bond donors (Lipinski definition) is 3. The molecule has 0 radical (unpaired) electrons. The smallest absolute Gasteiger partial charge is 0.417 e. The third-order valence-electron chi connectivity index (χ3n) is 16.2. The number of rotatable bonds is 25. The molecule has 9 rings (SSSR count). The van der Waals surface area contributed by atoms with Gasteiger partial charge in [0, 0.05) is 62.3 Å². The molecule has 5 aromatic carbocycles. The summed E-state index contributed by atoms with van der Waals surface area (Å²) in [6.45, 7) is 4.50. The third-order valence-corrected chi connectivity index (χ3v) is 16.2. The highest BCUT2D eigenvalue weighted by molar-refractivity contribution is 6.03. The van der Waals surface area contributed by atoms with Gasteiger partial charge in [-0.15, -0.1) is 6.58 Å². The second-order valence-electron chi connectivity index (χ2n) is 20.9. The molecule has 6 unspecified atom stereocenters. The average molecular weight is 1070 g/mol. The van der Waals surface area contributed by atoms with Gasteiger partial charge in [0.05, 0.1) is 43.1 Å². The summed E-state index contributed by atoms with van der Waals surface area (Å²) < 4.78 is 31.9. The zero-order valence-corrected chi connectivity index (χ0v) is 44.7. The number of anilines is 1. The number of carbonyl (C=O) groups excluding carboxylic acids is 2. The van der Waals surface area contributed by atoms with Crippen molar-refractivity contribution in [2.45, 2.75) is 114 Å². The summed E-state index contributed by atoms with van der Waals surface area (Å²) in [6.07, 6.45) is 13.0. The number of nitro benzene ring substituents is 1. The van der Waals surface area contributed by atoms with E-state index in [0.29, 0.717) is 72.2 Å². The number of benzene rings is 5. The summed E-state index contributed by atoms with van der Waals surface area (Å²) in [4.78, 5) is 48.9. The number of ether oxygens (including phenoxy) is 5. The van der Waals surface area contributed by atoms with Crippen LogP contribution in [0.15, 0.2) is 133 Å². The number of nitro groups is 1. The van der Waals surface area contributed by atoms with Gasteiger partial charge in [0.25, 0.3) is 5.69 Å². The summed E-state index contributed by atoms with van der Waals surface area (Å²) >= 11 is 0. The zero-order valence-electron chi connectivity index (χ0n) is 44.7. The van der Waals surface area contributed by atoms with Crippen molar-refractivity contribution in [2.24, 2.45) is 28.8 Å². The predicted molar refractivity (Wildman–Crippen MR) is 298 cm³/mol. The number of unbranched alkanes of at least 4 members (excludes halogenated alkanes) is 2. The van der Waals surface area contributed by atoms with E-state index in [1.807, 2.05) is 35.2 Å². The van der Waals surface area contributed by atoms with Crippen molar-refractivity contribution in [3.8, 4) is 23.0 Å². The van der Waals surface area contributed by atoms with Gasteiger partial charge in [0.2, 0.25) is 11.7 Å². The van der Waals surface area contributed by atoms with Gasteiger partial charge in [-0.25, -0.2) is 4.79 Å². The average Bonchev–Trinajstić information content (AvgIpc) is 3.10. The lowest BCUT2D eigenvalue weighted by Gasteiger charge is -2.60. The highest BCUT2D eigenvalue weighted by atomic mass is 16.7. The number of aliphatic hydroxyl groups is 2. The Labute approximate surface area is 456 Å². The van der Waals surface area contributed by atoms with Crippen LogP contribution in [0.2, 0.25) is 0 Å². The molecular formula is C62H72N4O12. The third kappa shape index (κ3) is 12.4. The lowest BCUT2D eigenvalue weighted by molar-refractivity contribution is -0.384. The van der Waals surface area contributed by atoms with Gasteiger partial charge < -0.3 is 43.6 Å². The van der Waals surface area contributed by atoms with Crippen LogP contribution in [0, 0.1) is 33.8 Å². The van der Waals surface area contributed by atoms with Crippen molar-refractivity contribution in [3.63, 3.8) is 0 Å². The van der Waals surface area contributed by atoms with Gasteiger partial charge in [-0.2, -0.15) is 0 Å². The first-order valence-corrected chi connectivity index (χ1v) is 27.5. The van der Waals surface area contributed by atoms with E-state index in [-0.39, 0.29) is 68.6 Å². The Morgan fingerprint density at radius 2 is 1.65 bits per heavy atom. The minimum absolute atomic E-state index is 0.0138. The molecule has 1 aliphatic heterocycles. The minimum atomic E-state index is -1.54. The van der Waals surface area contributed by atoms with Crippen molar-refractivity contribution in [2.75, 3.05) is 39.4 Å². The Morgan fingerprint density at radius 1 is 0.897 bits per heavy atom. The number of aliphatic hydroxyl groups excluding tert-OH is 2. The Morgan fingerprint density at radius 3 is 2.40 bits per heavy atom. The molecule has 3 aliphatic carbocycles. The Kier molecular flexibility index (Phi) is 18.4. The number of nitrogens with zero attached hydrogens (tertiary/aromatic N) is 3. The molecule has 1 heterocycles. The van der Waals surface area contributed by atoms with Crippen LogP contribution in [0.25, 0.3) is 10.8 Å². The molecule has 2 amide bonds. The molecule has 0 spiro atoms. The normalized spacial score (nSPS) is 21.9. The minimum Gasteiger partial charge on any atom is -0.497 e. The molecule has 16 heteroatoms. The van der Waals surface area contributed by atoms with E-state index in [1.165, 1.54) is 19.2 Å². The molecule has 0 aromatic heterocycles. The molecule has 3 N–H and O–H groups in total. The van der Waals surface area contributed by atoms with Gasteiger partial charge in [-0.05, 0) is 120 Å². The number of fused-ring (bicyclic) bond motifs is 3. The lowest BCUT2D eigenvalue weighted by atomic mass is 9.55. The molecule has 6 atom stereocenters. The number of hydrogen-bond acceptors (Lipinski definition) is 13. The van der Waals surface area contributed by atoms with E-state index in [0.717, 1.165) is 72.4 Å². The fraction of sp³-hybridized carbons (Fsp3) is 0.435. The monoisotopic (exact) mass is 1060 g/mol. The number of carbonyl (C=O) groups is 2. The van der Waals surface area contributed by atoms with Crippen molar-refractivity contribution >= 4 is 39.9 Å². The first-order valence-electron chi connectivity index (χ1n) is 27.5. The van der Waals surface area contributed by atoms with Gasteiger partial charge in [-0.3, -0.25) is 20.2 Å². The van der Waals surface area contributed by atoms with E-state index < -0.39 is 34.7 Å². The fourth-order valence-electron chi connectivity index (χ4n) is 12.5. The number of non-ortho nitro benzene ring substituents is 1. The fourth-order valence-corrected chi connectivity index (χ4v) is 12.5. The molecule has 5 aromatic rings. The van der Waals surface area contributed by atoms with Crippen molar-refractivity contribution < 1.29 is 53.2 Å². The van der Waals surface area contributed by atoms with Gasteiger partial charge >= 0.3 is 6.09 Å². The predicted octanol–water partition coefficient (Wildman–Crippen LogP) is 12.2.